The van der Waals surface area contributed by atoms with Crippen molar-refractivity contribution in [2.24, 2.45) is 7.05 Å². The Bertz CT molecular complexity index is 461. The van der Waals surface area contributed by atoms with Crippen LogP contribution in [0.15, 0.2) is 15.5 Å². The molecule has 0 radical (unpaired) electrons. The lowest BCUT2D eigenvalue weighted by molar-refractivity contribution is 0.108. The normalized spacial score (nSPS) is 23.9. The van der Waals surface area contributed by atoms with Crippen LogP contribution in [0.2, 0.25) is 0 Å². The van der Waals surface area contributed by atoms with E-state index in [1.807, 2.05) is 0 Å². The highest BCUT2D eigenvalue weighted by atomic mass is 79.9. The number of methoxy groups -OCH3 is 1. The summed E-state index contributed by atoms with van der Waals surface area (Å²) in [6, 6.07) is 0.352. The summed E-state index contributed by atoms with van der Waals surface area (Å²) < 4.78 is 7.16. The first-order valence-electron chi connectivity index (χ1n) is 5.63. The van der Waals surface area contributed by atoms with Crippen molar-refractivity contribution in [2.75, 3.05) is 12.4 Å². The van der Waals surface area contributed by atoms with Crippen molar-refractivity contribution in [3.05, 3.63) is 21.0 Å². The van der Waals surface area contributed by atoms with Gasteiger partial charge in [0.15, 0.2) is 0 Å². The number of anilines is 1. The van der Waals surface area contributed by atoms with Gasteiger partial charge in [-0.15, -0.1) is 0 Å². The molecular weight excluding hydrogens is 286 g/mol. The maximum atomic E-state index is 11.7. The van der Waals surface area contributed by atoms with Crippen LogP contribution in [0.5, 0.6) is 0 Å². The van der Waals surface area contributed by atoms with Crippen molar-refractivity contribution in [1.82, 2.24) is 9.78 Å². The van der Waals surface area contributed by atoms with Gasteiger partial charge in [0.1, 0.15) is 4.47 Å². The Balaban J connectivity index is 2.10. The number of halogens is 1. The van der Waals surface area contributed by atoms with Crippen molar-refractivity contribution in [3.8, 4) is 0 Å². The predicted molar refractivity (Wildman–Crippen MR) is 69.2 cm³/mol. The molecule has 0 spiro atoms. The van der Waals surface area contributed by atoms with Crippen LogP contribution < -0.4 is 10.9 Å². The van der Waals surface area contributed by atoms with Gasteiger partial charge in [-0.2, -0.15) is 5.10 Å². The first-order valence-corrected chi connectivity index (χ1v) is 6.42. The smallest absolute Gasteiger partial charge is 0.282 e. The minimum atomic E-state index is -0.128. The molecule has 1 aliphatic rings. The van der Waals surface area contributed by atoms with E-state index in [4.69, 9.17) is 4.74 Å². The molecule has 94 valence electrons. The van der Waals surface area contributed by atoms with Crippen molar-refractivity contribution in [1.29, 1.82) is 0 Å². The third-order valence-corrected chi connectivity index (χ3v) is 3.92. The SMILES string of the molecule is COC1CCC(Nc2cnn(C)c(=O)c2Br)C1. The third-order valence-electron chi connectivity index (χ3n) is 3.16. The van der Waals surface area contributed by atoms with Gasteiger partial charge in [0.2, 0.25) is 0 Å². The molecule has 5 nitrogen and oxygen atoms in total. The van der Waals surface area contributed by atoms with Gasteiger partial charge in [0, 0.05) is 20.2 Å². The highest BCUT2D eigenvalue weighted by Gasteiger charge is 2.25. The summed E-state index contributed by atoms with van der Waals surface area (Å²) in [5.74, 6) is 0. The molecule has 1 fully saturated rings. The minimum absolute atomic E-state index is 0.128. The molecular formula is C11H16BrN3O2. The molecule has 17 heavy (non-hydrogen) atoms. The van der Waals surface area contributed by atoms with Gasteiger partial charge in [-0.25, -0.2) is 4.68 Å². The summed E-state index contributed by atoms with van der Waals surface area (Å²) in [6.45, 7) is 0. The Labute approximate surface area is 108 Å². The van der Waals surface area contributed by atoms with E-state index in [1.54, 1.807) is 20.4 Å². The average molecular weight is 302 g/mol. The molecule has 6 heteroatoms. The molecule has 1 aliphatic carbocycles. The molecule has 2 atom stereocenters. The summed E-state index contributed by atoms with van der Waals surface area (Å²) >= 11 is 3.30. The minimum Gasteiger partial charge on any atom is -0.381 e. The molecule has 0 aromatic carbocycles. The molecule has 1 saturated carbocycles. The number of aryl methyl sites for hydroxylation is 1. The molecule has 0 aliphatic heterocycles. The van der Waals surface area contributed by atoms with E-state index < -0.39 is 0 Å². The third kappa shape index (κ3) is 2.69. The van der Waals surface area contributed by atoms with Crippen LogP contribution in [0.1, 0.15) is 19.3 Å². The molecule has 0 saturated heterocycles. The first-order chi connectivity index (χ1) is 8.11. The van der Waals surface area contributed by atoms with Crippen molar-refractivity contribution in [2.45, 2.75) is 31.4 Å². The van der Waals surface area contributed by atoms with E-state index in [-0.39, 0.29) is 5.56 Å². The van der Waals surface area contributed by atoms with Gasteiger partial charge in [-0.3, -0.25) is 4.79 Å². The molecule has 1 aromatic rings. The van der Waals surface area contributed by atoms with Gasteiger partial charge in [-0.05, 0) is 35.2 Å². The second-order valence-corrected chi connectivity index (χ2v) is 5.11. The largest absolute Gasteiger partial charge is 0.381 e. The second-order valence-electron chi connectivity index (χ2n) is 4.31. The topological polar surface area (TPSA) is 56.1 Å². The van der Waals surface area contributed by atoms with E-state index in [1.165, 1.54) is 4.68 Å². The molecule has 0 bridgehead atoms. The number of hydrogen-bond donors (Lipinski definition) is 1. The second kappa shape index (κ2) is 5.18. The fraction of sp³-hybridized carbons (Fsp3) is 0.636. The highest BCUT2D eigenvalue weighted by molar-refractivity contribution is 9.10. The molecule has 1 heterocycles. The quantitative estimate of drug-likeness (QED) is 0.920. The Hall–Kier alpha value is -0.880. The van der Waals surface area contributed by atoms with E-state index >= 15 is 0 Å². The summed E-state index contributed by atoms with van der Waals surface area (Å²) in [5, 5.41) is 7.34. The van der Waals surface area contributed by atoms with E-state index in [0.29, 0.717) is 16.6 Å². The molecule has 0 amide bonds. The Morgan fingerprint density at radius 3 is 3.00 bits per heavy atom. The lowest BCUT2D eigenvalue weighted by Gasteiger charge is -2.15. The summed E-state index contributed by atoms with van der Waals surface area (Å²) in [7, 11) is 3.37. The zero-order valence-corrected chi connectivity index (χ0v) is 11.5. The predicted octanol–water partition coefficient (Wildman–Crippen LogP) is 1.52. The van der Waals surface area contributed by atoms with Gasteiger partial charge >= 0.3 is 0 Å². The van der Waals surface area contributed by atoms with Crippen molar-refractivity contribution < 1.29 is 4.74 Å². The zero-order valence-electron chi connectivity index (χ0n) is 9.94. The van der Waals surface area contributed by atoms with Gasteiger partial charge in [0.05, 0.1) is 18.0 Å². The van der Waals surface area contributed by atoms with Crippen LogP contribution in [0.25, 0.3) is 0 Å². The van der Waals surface area contributed by atoms with Crippen LogP contribution in [0.3, 0.4) is 0 Å². The van der Waals surface area contributed by atoms with Crippen LogP contribution in [0.4, 0.5) is 5.69 Å². The number of aromatic nitrogens is 2. The Morgan fingerprint density at radius 1 is 1.59 bits per heavy atom. The number of ether oxygens (including phenoxy) is 1. The Kier molecular flexibility index (Phi) is 3.83. The molecule has 1 aromatic heterocycles. The summed E-state index contributed by atoms with van der Waals surface area (Å²) in [4.78, 5) is 11.7. The monoisotopic (exact) mass is 301 g/mol. The molecule has 2 unspecified atom stereocenters. The number of hydrogen-bond acceptors (Lipinski definition) is 4. The number of nitrogens with one attached hydrogen (secondary N) is 1. The average Bonchev–Trinajstić information content (AvgIpc) is 2.78. The van der Waals surface area contributed by atoms with E-state index in [2.05, 4.69) is 26.3 Å². The van der Waals surface area contributed by atoms with Crippen LogP contribution in [0, 0.1) is 0 Å². The maximum absolute atomic E-state index is 11.7. The number of rotatable bonds is 3. The van der Waals surface area contributed by atoms with Crippen LogP contribution in [-0.4, -0.2) is 29.0 Å². The Morgan fingerprint density at radius 2 is 2.35 bits per heavy atom. The van der Waals surface area contributed by atoms with Gasteiger partial charge < -0.3 is 10.1 Å². The van der Waals surface area contributed by atoms with Crippen molar-refractivity contribution in [3.63, 3.8) is 0 Å². The molecule has 1 N–H and O–H groups in total. The van der Waals surface area contributed by atoms with Gasteiger partial charge in [0.25, 0.3) is 5.56 Å². The lowest BCUT2D eigenvalue weighted by atomic mass is 10.2. The standard InChI is InChI=1S/C11H16BrN3O2/c1-15-11(16)10(12)9(6-13-15)14-7-3-4-8(5-7)17-2/h6-8,14H,3-5H2,1-2H3. The first kappa shape index (κ1) is 12.6. The fourth-order valence-electron chi connectivity index (χ4n) is 2.12. The number of nitrogens with zero attached hydrogens (tertiary/aromatic N) is 2. The molecule has 2 rings (SSSR count). The maximum Gasteiger partial charge on any atom is 0.282 e. The van der Waals surface area contributed by atoms with Crippen LogP contribution >= 0.6 is 15.9 Å². The summed E-state index contributed by atoms with van der Waals surface area (Å²) in [5.41, 5.74) is 0.631. The van der Waals surface area contributed by atoms with Crippen molar-refractivity contribution >= 4 is 21.6 Å². The highest BCUT2D eigenvalue weighted by Crippen LogP contribution is 2.26. The van der Waals surface area contributed by atoms with Gasteiger partial charge in [-0.1, -0.05) is 0 Å². The van der Waals surface area contributed by atoms with E-state index in [9.17, 15) is 4.79 Å². The zero-order chi connectivity index (χ0) is 12.4. The van der Waals surface area contributed by atoms with E-state index in [0.717, 1.165) is 24.9 Å². The lowest BCUT2D eigenvalue weighted by Crippen LogP contribution is -2.24. The summed E-state index contributed by atoms with van der Waals surface area (Å²) in [6.07, 6.45) is 5.08. The van der Waals surface area contributed by atoms with Crippen LogP contribution in [-0.2, 0) is 11.8 Å². The fourth-order valence-corrected chi connectivity index (χ4v) is 2.59.